The van der Waals surface area contributed by atoms with Crippen molar-refractivity contribution in [2.45, 2.75) is 4.90 Å². The van der Waals surface area contributed by atoms with E-state index in [0.29, 0.717) is 22.7 Å². The molecule has 3 amide bonds. The molecule has 0 fully saturated rings. The van der Waals surface area contributed by atoms with Gasteiger partial charge in [-0.2, -0.15) is 0 Å². The smallest absolute Gasteiger partial charge is 0.326 e. The molecule has 12 heteroatoms. The predicted molar refractivity (Wildman–Crippen MR) is 119 cm³/mol. The van der Waals surface area contributed by atoms with Crippen LogP contribution in [-0.4, -0.2) is 39.7 Å². The number of hydrogen-bond donors (Lipinski definition) is 4. The standard InChI is InChI=1S/C19H20N4O6S2/c1-28-15-9-3-12(11-16(15)29-2)4-10-17(24)22-19(30)21-13-5-7-14(8-6-13)31(26,27)23-18(20)25/h3-11H,1-2H3,(H3,20,23,25)(H2,21,22,24,30)/b10-4+. The molecule has 0 radical (unpaired) electrons. The maximum Gasteiger partial charge on any atom is 0.326 e. The Hall–Kier alpha value is -3.64. The molecule has 0 aliphatic rings. The van der Waals surface area contributed by atoms with Crippen LogP contribution in [0.4, 0.5) is 10.5 Å². The number of thiocarbonyl (C=S) groups is 1. The monoisotopic (exact) mass is 464 g/mol. The second kappa shape index (κ2) is 10.4. The minimum absolute atomic E-state index is 0.00725. The van der Waals surface area contributed by atoms with Gasteiger partial charge >= 0.3 is 6.03 Å². The van der Waals surface area contributed by atoms with E-state index in [4.69, 9.17) is 27.4 Å². The van der Waals surface area contributed by atoms with Gasteiger partial charge in [-0.3, -0.25) is 10.1 Å². The Morgan fingerprint density at radius 3 is 2.26 bits per heavy atom. The molecule has 2 rings (SSSR count). The van der Waals surface area contributed by atoms with E-state index >= 15 is 0 Å². The van der Waals surface area contributed by atoms with Crippen LogP contribution < -0.4 is 30.6 Å². The van der Waals surface area contributed by atoms with E-state index in [9.17, 15) is 18.0 Å². The Bertz CT molecular complexity index is 1110. The predicted octanol–water partition coefficient (Wildman–Crippen LogP) is 1.59. The number of sulfonamides is 1. The number of hydrogen-bond acceptors (Lipinski definition) is 7. The lowest BCUT2D eigenvalue weighted by Gasteiger charge is -2.09. The van der Waals surface area contributed by atoms with Gasteiger partial charge in [0, 0.05) is 11.8 Å². The number of primary amides is 1. The van der Waals surface area contributed by atoms with Gasteiger partial charge in [-0.05, 0) is 60.3 Å². The van der Waals surface area contributed by atoms with E-state index in [2.05, 4.69) is 10.6 Å². The summed E-state index contributed by atoms with van der Waals surface area (Å²) in [5, 5.41) is 5.22. The quantitative estimate of drug-likeness (QED) is 0.356. The van der Waals surface area contributed by atoms with Crippen LogP contribution in [0.5, 0.6) is 11.5 Å². The molecule has 164 valence electrons. The van der Waals surface area contributed by atoms with Gasteiger partial charge in [0.25, 0.3) is 10.0 Å². The normalized spacial score (nSPS) is 10.9. The summed E-state index contributed by atoms with van der Waals surface area (Å²) in [6.45, 7) is 0. The number of rotatable bonds is 7. The van der Waals surface area contributed by atoms with Gasteiger partial charge in [-0.15, -0.1) is 0 Å². The first-order valence-electron chi connectivity index (χ1n) is 8.59. The van der Waals surface area contributed by atoms with E-state index in [-0.39, 0.29) is 10.0 Å². The Balaban J connectivity index is 1.96. The number of carbonyl (C=O) groups is 2. The van der Waals surface area contributed by atoms with Gasteiger partial charge in [0.05, 0.1) is 19.1 Å². The van der Waals surface area contributed by atoms with E-state index in [1.165, 1.54) is 44.6 Å². The van der Waals surface area contributed by atoms with Crippen molar-refractivity contribution in [3.05, 3.63) is 54.1 Å². The molecular weight excluding hydrogens is 444 g/mol. The van der Waals surface area contributed by atoms with E-state index < -0.39 is 22.0 Å². The van der Waals surface area contributed by atoms with Crippen molar-refractivity contribution in [3.8, 4) is 11.5 Å². The first kappa shape index (κ1) is 23.6. The van der Waals surface area contributed by atoms with Gasteiger partial charge in [0.2, 0.25) is 5.91 Å². The van der Waals surface area contributed by atoms with Crippen LogP contribution in [0.3, 0.4) is 0 Å². The molecule has 0 aromatic heterocycles. The summed E-state index contributed by atoms with van der Waals surface area (Å²) in [5.41, 5.74) is 5.97. The molecule has 5 N–H and O–H groups in total. The number of ether oxygens (including phenoxy) is 2. The van der Waals surface area contributed by atoms with Gasteiger partial charge in [0.1, 0.15) is 0 Å². The zero-order chi connectivity index (χ0) is 23.0. The number of urea groups is 1. The molecule has 0 spiro atoms. The molecule has 0 heterocycles. The molecule has 0 unspecified atom stereocenters. The van der Waals surface area contributed by atoms with E-state index in [0.717, 1.165) is 0 Å². The first-order valence-corrected chi connectivity index (χ1v) is 10.5. The van der Waals surface area contributed by atoms with Crippen LogP contribution in [0.25, 0.3) is 6.08 Å². The summed E-state index contributed by atoms with van der Waals surface area (Å²) in [4.78, 5) is 22.7. The zero-order valence-electron chi connectivity index (χ0n) is 16.5. The molecule has 31 heavy (non-hydrogen) atoms. The van der Waals surface area contributed by atoms with Crippen molar-refractivity contribution in [2.24, 2.45) is 5.73 Å². The highest BCUT2D eigenvalue weighted by Gasteiger charge is 2.15. The second-order valence-corrected chi connectivity index (χ2v) is 7.98. The van der Waals surface area contributed by atoms with Crippen LogP contribution in [-0.2, 0) is 14.8 Å². The minimum atomic E-state index is -4.05. The summed E-state index contributed by atoms with van der Waals surface area (Å²) >= 11 is 5.07. The number of carbonyl (C=O) groups excluding carboxylic acids is 2. The van der Waals surface area contributed by atoms with Gasteiger partial charge < -0.3 is 20.5 Å². The number of benzene rings is 2. The number of amides is 3. The Morgan fingerprint density at radius 1 is 1.03 bits per heavy atom. The maximum atomic E-state index is 12.1. The second-order valence-electron chi connectivity index (χ2n) is 5.89. The summed E-state index contributed by atoms with van der Waals surface area (Å²) in [6, 6.07) is 9.30. The zero-order valence-corrected chi connectivity index (χ0v) is 18.2. The first-order chi connectivity index (χ1) is 14.6. The highest BCUT2D eigenvalue weighted by atomic mass is 32.2. The maximum absolute atomic E-state index is 12.1. The molecular formula is C19H20N4O6S2. The van der Waals surface area contributed by atoms with Crippen molar-refractivity contribution in [2.75, 3.05) is 19.5 Å². The molecule has 0 atom stereocenters. The van der Waals surface area contributed by atoms with Crippen molar-refractivity contribution < 1.29 is 27.5 Å². The van der Waals surface area contributed by atoms with Gasteiger partial charge in [-0.1, -0.05) is 6.07 Å². The topological polar surface area (TPSA) is 149 Å². The molecule has 10 nitrogen and oxygen atoms in total. The SMILES string of the molecule is COc1ccc(/C=C/C(=O)NC(=S)Nc2ccc(S(=O)(=O)NC(N)=O)cc2)cc1OC. The largest absolute Gasteiger partial charge is 0.493 e. The number of methoxy groups -OCH3 is 2. The Kier molecular flexibility index (Phi) is 7.94. The third kappa shape index (κ3) is 6.97. The van der Waals surface area contributed by atoms with Gasteiger partial charge in [0.15, 0.2) is 16.6 Å². The van der Waals surface area contributed by atoms with Crippen molar-refractivity contribution in [3.63, 3.8) is 0 Å². The molecule has 2 aromatic carbocycles. The minimum Gasteiger partial charge on any atom is -0.493 e. The van der Waals surface area contributed by atoms with E-state index in [1.807, 2.05) is 0 Å². The molecule has 0 saturated carbocycles. The fourth-order valence-electron chi connectivity index (χ4n) is 2.35. The van der Waals surface area contributed by atoms with Crippen molar-refractivity contribution in [1.82, 2.24) is 10.0 Å². The van der Waals surface area contributed by atoms with E-state index in [1.54, 1.807) is 29.0 Å². The fourth-order valence-corrected chi connectivity index (χ4v) is 3.45. The lowest BCUT2D eigenvalue weighted by molar-refractivity contribution is -0.115. The fraction of sp³-hybridized carbons (Fsp3) is 0.105. The van der Waals surface area contributed by atoms with Gasteiger partial charge in [-0.25, -0.2) is 17.9 Å². The highest BCUT2D eigenvalue weighted by Crippen LogP contribution is 2.27. The highest BCUT2D eigenvalue weighted by molar-refractivity contribution is 7.90. The van der Waals surface area contributed by atoms with Crippen LogP contribution in [0.1, 0.15) is 5.56 Å². The molecule has 0 saturated heterocycles. The van der Waals surface area contributed by atoms with Crippen molar-refractivity contribution in [1.29, 1.82) is 0 Å². The number of anilines is 1. The lowest BCUT2D eigenvalue weighted by Crippen LogP contribution is -2.35. The molecule has 0 bridgehead atoms. The summed E-state index contributed by atoms with van der Waals surface area (Å²) < 4.78 is 35.7. The molecule has 2 aromatic rings. The molecule has 0 aliphatic heterocycles. The summed E-state index contributed by atoms with van der Waals surface area (Å²) in [7, 11) is -1.01. The average Bonchev–Trinajstić information content (AvgIpc) is 2.71. The summed E-state index contributed by atoms with van der Waals surface area (Å²) in [5.74, 6) is 0.620. The van der Waals surface area contributed by atoms with Crippen LogP contribution in [0.2, 0.25) is 0 Å². The third-order valence-electron chi connectivity index (χ3n) is 3.73. The van der Waals surface area contributed by atoms with Crippen LogP contribution >= 0.6 is 12.2 Å². The molecule has 0 aliphatic carbocycles. The Morgan fingerprint density at radius 2 is 1.68 bits per heavy atom. The lowest BCUT2D eigenvalue weighted by atomic mass is 10.2. The van der Waals surface area contributed by atoms with Crippen molar-refractivity contribution >= 4 is 51.1 Å². The average molecular weight is 465 g/mol. The van der Waals surface area contributed by atoms with Crippen LogP contribution in [0, 0.1) is 0 Å². The Labute approximate surface area is 184 Å². The number of nitrogens with two attached hydrogens (primary N) is 1. The summed E-state index contributed by atoms with van der Waals surface area (Å²) in [6.07, 6.45) is 2.87. The number of nitrogens with one attached hydrogen (secondary N) is 3. The van der Waals surface area contributed by atoms with Crippen LogP contribution in [0.15, 0.2) is 53.4 Å². The third-order valence-corrected chi connectivity index (χ3v) is 5.30.